The van der Waals surface area contributed by atoms with Gasteiger partial charge in [0.1, 0.15) is 0 Å². The Labute approximate surface area is 196 Å². The van der Waals surface area contributed by atoms with Crippen molar-refractivity contribution in [1.82, 2.24) is 14.3 Å². The van der Waals surface area contributed by atoms with Crippen LogP contribution in [0.4, 0.5) is 19.1 Å². The highest BCUT2D eigenvalue weighted by Gasteiger charge is 2.34. The van der Waals surface area contributed by atoms with Gasteiger partial charge in [0.25, 0.3) is 0 Å². The molecule has 0 aliphatic carbocycles. The van der Waals surface area contributed by atoms with Gasteiger partial charge in [-0.05, 0) is 62.8 Å². The van der Waals surface area contributed by atoms with Crippen molar-refractivity contribution in [3.63, 3.8) is 0 Å². The standard InChI is InChI=1S/C22H37F3N4O3S/c1-18-15-26-21(27-16-18)28-9-4-19(5-10-28)3-2-13-32-17-20-6-11-29(12-7-20)33(30,31)14-8-22(23,24)25/h15-16,19-20,30-31H,2-14,17H2,1H3. The van der Waals surface area contributed by atoms with Crippen molar-refractivity contribution in [2.24, 2.45) is 11.8 Å². The molecule has 3 rings (SSSR count). The van der Waals surface area contributed by atoms with E-state index in [1.54, 1.807) is 0 Å². The third kappa shape index (κ3) is 8.86. The highest BCUT2D eigenvalue weighted by molar-refractivity contribution is 8.22. The molecule has 2 aliphatic rings. The Morgan fingerprint density at radius 3 is 2.24 bits per heavy atom. The minimum Gasteiger partial charge on any atom is -0.381 e. The quantitative estimate of drug-likeness (QED) is 0.437. The van der Waals surface area contributed by atoms with Crippen LogP contribution in [0.1, 0.15) is 50.5 Å². The van der Waals surface area contributed by atoms with E-state index in [4.69, 9.17) is 4.74 Å². The van der Waals surface area contributed by atoms with E-state index in [1.165, 1.54) is 4.31 Å². The van der Waals surface area contributed by atoms with Gasteiger partial charge >= 0.3 is 6.18 Å². The first-order valence-electron chi connectivity index (χ1n) is 11.8. The van der Waals surface area contributed by atoms with Crippen molar-refractivity contribution in [1.29, 1.82) is 0 Å². The first kappa shape index (κ1) is 26.5. The first-order valence-corrected chi connectivity index (χ1v) is 13.5. The summed E-state index contributed by atoms with van der Waals surface area (Å²) in [5.41, 5.74) is 1.07. The van der Waals surface area contributed by atoms with Crippen molar-refractivity contribution in [2.45, 2.75) is 58.0 Å². The van der Waals surface area contributed by atoms with Crippen LogP contribution in [0.25, 0.3) is 0 Å². The second-order valence-corrected chi connectivity index (χ2v) is 11.5. The van der Waals surface area contributed by atoms with Gasteiger partial charge < -0.3 is 9.64 Å². The molecule has 0 saturated carbocycles. The number of hydrogen-bond donors (Lipinski definition) is 2. The van der Waals surface area contributed by atoms with Crippen molar-refractivity contribution in [3.8, 4) is 0 Å². The first-order chi connectivity index (χ1) is 15.6. The van der Waals surface area contributed by atoms with Crippen molar-refractivity contribution in [3.05, 3.63) is 18.0 Å². The number of ether oxygens (including phenoxy) is 1. The molecule has 0 radical (unpaired) electrons. The predicted molar refractivity (Wildman–Crippen MR) is 124 cm³/mol. The molecule has 0 atom stereocenters. The van der Waals surface area contributed by atoms with Crippen LogP contribution in [0.15, 0.2) is 12.4 Å². The number of aromatic nitrogens is 2. The van der Waals surface area contributed by atoms with Crippen LogP contribution in [0.5, 0.6) is 0 Å². The van der Waals surface area contributed by atoms with Gasteiger partial charge in [0.15, 0.2) is 0 Å². The number of rotatable bonds is 10. The van der Waals surface area contributed by atoms with E-state index in [-0.39, 0.29) is 0 Å². The molecular formula is C22H37F3N4O3S. The van der Waals surface area contributed by atoms with Gasteiger partial charge in [0.2, 0.25) is 5.95 Å². The molecule has 0 amide bonds. The lowest BCUT2D eigenvalue weighted by molar-refractivity contribution is -0.130. The summed E-state index contributed by atoms with van der Waals surface area (Å²) in [6, 6.07) is 0. The van der Waals surface area contributed by atoms with E-state index in [9.17, 15) is 22.3 Å². The highest BCUT2D eigenvalue weighted by atomic mass is 32.3. The molecule has 3 heterocycles. The smallest absolute Gasteiger partial charge is 0.381 e. The second kappa shape index (κ2) is 12.0. The van der Waals surface area contributed by atoms with E-state index in [0.717, 1.165) is 50.3 Å². The van der Waals surface area contributed by atoms with Crippen molar-refractivity contribution >= 4 is 16.7 Å². The molecular weight excluding hydrogens is 457 g/mol. The number of halogens is 3. The topological polar surface area (TPSA) is 82.0 Å². The van der Waals surface area contributed by atoms with Crippen LogP contribution in [-0.4, -0.2) is 74.7 Å². The molecule has 0 unspecified atom stereocenters. The van der Waals surface area contributed by atoms with Crippen LogP contribution >= 0.6 is 10.8 Å². The summed E-state index contributed by atoms with van der Waals surface area (Å²) in [5, 5.41) is 0. The molecule has 1 aromatic rings. The number of hydrogen-bond acceptors (Lipinski definition) is 7. The van der Waals surface area contributed by atoms with Gasteiger partial charge in [-0.2, -0.15) is 13.2 Å². The van der Waals surface area contributed by atoms with Gasteiger partial charge in [-0.1, -0.05) is 0 Å². The zero-order valence-electron chi connectivity index (χ0n) is 19.3. The Bertz CT molecular complexity index is 708. The minimum absolute atomic E-state index is 0.316. The number of alkyl halides is 3. The Balaban J connectivity index is 1.24. The number of piperidine rings is 2. The van der Waals surface area contributed by atoms with E-state index >= 15 is 0 Å². The fourth-order valence-corrected chi connectivity index (χ4v) is 6.00. The fourth-order valence-electron chi connectivity index (χ4n) is 4.44. The Kier molecular flexibility index (Phi) is 9.63. The van der Waals surface area contributed by atoms with Gasteiger partial charge in [0, 0.05) is 51.8 Å². The Morgan fingerprint density at radius 2 is 1.64 bits per heavy atom. The normalized spacial score (nSPS) is 20.4. The van der Waals surface area contributed by atoms with Crippen LogP contribution in [0.3, 0.4) is 0 Å². The maximum absolute atomic E-state index is 12.4. The molecule has 2 N–H and O–H groups in total. The summed E-state index contributed by atoms with van der Waals surface area (Å²) in [6.07, 6.45) is 4.02. The summed E-state index contributed by atoms with van der Waals surface area (Å²) < 4.78 is 64.6. The van der Waals surface area contributed by atoms with Crippen LogP contribution in [0, 0.1) is 18.8 Å². The third-order valence-electron chi connectivity index (χ3n) is 6.57. The lowest BCUT2D eigenvalue weighted by atomic mass is 9.92. The highest BCUT2D eigenvalue weighted by Crippen LogP contribution is 2.47. The fraction of sp³-hybridized carbons (Fsp3) is 0.818. The molecule has 0 spiro atoms. The zero-order chi connectivity index (χ0) is 23.9. The van der Waals surface area contributed by atoms with Gasteiger partial charge in [-0.15, -0.1) is 10.8 Å². The van der Waals surface area contributed by atoms with E-state index in [2.05, 4.69) is 14.9 Å². The molecule has 33 heavy (non-hydrogen) atoms. The Hall–Kier alpha value is -1.14. The number of anilines is 1. The van der Waals surface area contributed by atoms with E-state index < -0.39 is 29.1 Å². The molecule has 7 nitrogen and oxygen atoms in total. The molecule has 190 valence electrons. The molecule has 0 bridgehead atoms. The average molecular weight is 495 g/mol. The predicted octanol–water partition coefficient (Wildman–Crippen LogP) is 5.13. The van der Waals surface area contributed by atoms with E-state index in [0.29, 0.717) is 51.0 Å². The monoisotopic (exact) mass is 494 g/mol. The maximum Gasteiger partial charge on any atom is 0.390 e. The molecule has 0 aromatic carbocycles. The van der Waals surface area contributed by atoms with Gasteiger partial charge in [0.05, 0.1) is 12.2 Å². The van der Waals surface area contributed by atoms with Gasteiger partial charge in [-0.3, -0.25) is 9.11 Å². The van der Waals surface area contributed by atoms with Gasteiger partial charge in [-0.25, -0.2) is 14.3 Å². The van der Waals surface area contributed by atoms with E-state index in [1.807, 2.05) is 19.3 Å². The van der Waals surface area contributed by atoms with Crippen LogP contribution < -0.4 is 4.90 Å². The summed E-state index contributed by atoms with van der Waals surface area (Å²) in [7, 11) is -3.34. The summed E-state index contributed by atoms with van der Waals surface area (Å²) in [5.74, 6) is 1.18. The van der Waals surface area contributed by atoms with Crippen LogP contribution in [0.2, 0.25) is 0 Å². The Morgan fingerprint density at radius 1 is 1.03 bits per heavy atom. The largest absolute Gasteiger partial charge is 0.390 e. The lowest BCUT2D eigenvalue weighted by Gasteiger charge is -2.46. The minimum atomic E-state index is -4.37. The van der Waals surface area contributed by atoms with Crippen molar-refractivity contribution < 1.29 is 27.0 Å². The second-order valence-electron chi connectivity index (χ2n) is 9.28. The summed E-state index contributed by atoms with van der Waals surface area (Å²) in [6.45, 7) is 6.08. The number of nitrogens with zero attached hydrogens (tertiary/aromatic N) is 4. The molecule has 11 heteroatoms. The van der Waals surface area contributed by atoms with Crippen LogP contribution in [-0.2, 0) is 4.74 Å². The third-order valence-corrected chi connectivity index (χ3v) is 8.51. The maximum atomic E-state index is 12.4. The number of aryl methyl sites for hydroxylation is 1. The summed E-state index contributed by atoms with van der Waals surface area (Å²) >= 11 is 0. The SMILES string of the molecule is Cc1cnc(N2CCC(CCCOCC3CCN(S(O)(O)CCC(F)(F)F)CC3)CC2)nc1. The molecule has 2 fully saturated rings. The van der Waals surface area contributed by atoms with Crippen molar-refractivity contribution in [2.75, 3.05) is 50.0 Å². The average Bonchev–Trinajstić information content (AvgIpc) is 2.79. The molecule has 1 aromatic heterocycles. The summed E-state index contributed by atoms with van der Waals surface area (Å²) in [4.78, 5) is 11.1. The lowest BCUT2D eigenvalue weighted by Crippen LogP contribution is -2.38. The molecule has 2 aliphatic heterocycles. The zero-order valence-corrected chi connectivity index (χ0v) is 20.2. The molecule has 2 saturated heterocycles.